The van der Waals surface area contributed by atoms with Crippen molar-refractivity contribution in [3.05, 3.63) is 53.6 Å². The van der Waals surface area contributed by atoms with Gasteiger partial charge in [0.2, 0.25) is 0 Å². The predicted octanol–water partition coefficient (Wildman–Crippen LogP) is 1.22. The van der Waals surface area contributed by atoms with Gasteiger partial charge in [-0.25, -0.2) is 0 Å². The SMILES string of the molecule is COc1cncc(C(NC(=O)c2cc(CO)ccn2)C2CC(O)C2)c1. The number of nitrogens with zero attached hydrogens (tertiary/aromatic N) is 2. The molecular weight excluding hydrogens is 322 g/mol. The highest BCUT2D eigenvalue weighted by Gasteiger charge is 2.36. The monoisotopic (exact) mass is 343 g/mol. The van der Waals surface area contributed by atoms with Crippen molar-refractivity contribution < 1.29 is 19.7 Å². The van der Waals surface area contributed by atoms with Crippen molar-refractivity contribution in [2.45, 2.75) is 31.6 Å². The van der Waals surface area contributed by atoms with Crippen LogP contribution >= 0.6 is 0 Å². The molecule has 0 bridgehead atoms. The molecule has 25 heavy (non-hydrogen) atoms. The van der Waals surface area contributed by atoms with Crippen molar-refractivity contribution in [2.75, 3.05) is 7.11 Å². The molecule has 2 heterocycles. The number of aliphatic hydroxyl groups excluding tert-OH is 2. The molecule has 132 valence electrons. The summed E-state index contributed by atoms with van der Waals surface area (Å²) in [7, 11) is 1.56. The van der Waals surface area contributed by atoms with E-state index in [2.05, 4.69) is 15.3 Å². The molecule has 1 atom stereocenters. The molecule has 0 spiro atoms. The van der Waals surface area contributed by atoms with Crippen LogP contribution in [-0.2, 0) is 6.61 Å². The van der Waals surface area contributed by atoms with E-state index in [1.165, 1.54) is 6.20 Å². The van der Waals surface area contributed by atoms with Gasteiger partial charge in [0.05, 0.1) is 32.1 Å². The Hall–Kier alpha value is -2.51. The number of aromatic nitrogens is 2. The van der Waals surface area contributed by atoms with E-state index in [0.717, 1.165) is 5.56 Å². The average molecular weight is 343 g/mol. The number of hydrogen-bond acceptors (Lipinski definition) is 6. The maximum atomic E-state index is 12.6. The fraction of sp³-hybridized carbons (Fsp3) is 0.389. The fourth-order valence-electron chi connectivity index (χ4n) is 3.00. The Morgan fingerprint density at radius 1 is 1.40 bits per heavy atom. The molecule has 1 aliphatic rings. The van der Waals surface area contributed by atoms with Crippen molar-refractivity contribution in [2.24, 2.45) is 5.92 Å². The van der Waals surface area contributed by atoms with E-state index < -0.39 is 0 Å². The Labute approximate surface area is 145 Å². The largest absolute Gasteiger partial charge is 0.495 e. The number of carbonyl (C=O) groups excluding carboxylic acids is 1. The molecule has 1 saturated carbocycles. The van der Waals surface area contributed by atoms with E-state index >= 15 is 0 Å². The highest BCUT2D eigenvalue weighted by Crippen LogP contribution is 2.38. The third-order valence-corrected chi connectivity index (χ3v) is 4.48. The van der Waals surface area contributed by atoms with Crippen LogP contribution in [0, 0.1) is 5.92 Å². The molecule has 1 aliphatic carbocycles. The molecule has 3 rings (SSSR count). The summed E-state index contributed by atoms with van der Waals surface area (Å²) in [6, 6.07) is 4.76. The molecular formula is C18H21N3O4. The second-order valence-electron chi connectivity index (χ2n) is 6.20. The number of methoxy groups -OCH3 is 1. The van der Waals surface area contributed by atoms with Gasteiger partial charge in [-0.15, -0.1) is 0 Å². The molecule has 1 fully saturated rings. The maximum absolute atomic E-state index is 12.6. The first kappa shape index (κ1) is 17.3. The second-order valence-corrected chi connectivity index (χ2v) is 6.20. The summed E-state index contributed by atoms with van der Waals surface area (Å²) in [5, 5.41) is 21.8. The number of ether oxygens (including phenoxy) is 1. The van der Waals surface area contributed by atoms with E-state index in [4.69, 9.17) is 4.74 Å². The Balaban J connectivity index is 1.83. The van der Waals surface area contributed by atoms with Gasteiger partial charge < -0.3 is 20.3 Å². The summed E-state index contributed by atoms with van der Waals surface area (Å²) in [6.45, 7) is -0.152. The van der Waals surface area contributed by atoms with Crippen molar-refractivity contribution in [1.29, 1.82) is 0 Å². The van der Waals surface area contributed by atoms with Gasteiger partial charge in [0.25, 0.3) is 5.91 Å². The molecule has 1 amide bonds. The van der Waals surface area contributed by atoms with Gasteiger partial charge in [-0.05, 0) is 48.1 Å². The second kappa shape index (κ2) is 7.58. The number of carbonyl (C=O) groups is 1. The van der Waals surface area contributed by atoms with Crippen LogP contribution in [0.5, 0.6) is 5.75 Å². The molecule has 3 N–H and O–H groups in total. The Bertz CT molecular complexity index is 747. The third-order valence-electron chi connectivity index (χ3n) is 4.48. The first-order valence-electron chi connectivity index (χ1n) is 8.14. The molecule has 1 unspecified atom stereocenters. The van der Waals surface area contributed by atoms with Crippen molar-refractivity contribution in [1.82, 2.24) is 15.3 Å². The summed E-state index contributed by atoms with van der Waals surface area (Å²) in [5.41, 5.74) is 1.69. The van der Waals surface area contributed by atoms with E-state index in [1.54, 1.807) is 31.6 Å². The standard InChI is InChI=1S/C18H21N3O4/c1-25-15-7-13(8-19-9-15)17(12-5-14(23)6-12)21-18(24)16-4-11(10-22)2-3-20-16/h2-4,7-9,12,14,17,22-23H,5-6,10H2,1H3,(H,21,24). The van der Waals surface area contributed by atoms with E-state index in [1.807, 2.05) is 6.07 Å². The van der Waals surface area contributed by atoms with E-state index in [-0.39, 0.29) is 36.3 Å². The Kier molecular flexibility index (Phi) is 5.25. The van der Waals surface area contributed by atoms with Crippen molar-refractivity contribution in [3.63, 3.8) is 0 Å². The molecule has 2 aromatic rings. The minimum atomic E-state index is -0.334. The topological polar surface area (TPSA) is 105 Å². The molecule has 7 nitrogen and oxygen atoms in total. The molecule has 0 radical (unpaired) electrons. The zero-order chi connectivity index (χ0) is 17.8. The highest BCUT2D eigenvalue weighted by molar-refractivity contribution is 5.92. The summed E-state index contributed by atoms with van der Waals surface area (Å²) >= 11 is 0. The number of hydrogen-bond donors (Lipinski definition) is 3. The Morgan fingerprint density at radius 3 is 2.88 bits per heavy atom. The molecule has 0 aromatic carbocycles. The molecule has 2 aromatic heterocycles. The minimum absolute atomic E-state index is 0.119. The summed E-state index contributed by atoms with van der Waals surface area (Å²) in [5.74, 6) is 0.399. The lowest BCUT2D eigenvalue weighted by Crippen LogP contribution is -2.41. The van der Waals surface area contributed by atoms with Crippen LogP contribution in [-0.4, -0.2) is 39.3 Å². The number of aliphatic hydroxyl groups is 2. The van der Waals surface area contributed by atoms with Gasteiger partial charge >= 0.3 is 0 Å². The first-order chi connectivity index (χ1) is 12.1. The predicted molar refractivity (Wildman–Crippen MR) is 89.9 cm³/mol. The lowest BCUT2D eigenvalue weighted by Gasteiger charge is -2.38. The van der Waals surface area contributed by atoms with Crippen LogP contribution < -0.4 is 10.1 Å². The smallest absolute Gasteiger partial charge is 0.270 e. The zero-order valence-corrected chi connectivity index (χ0v) is 13.9. The van der Waals surface area contributed by atoms with Crippen LogP contribution in [0.4, 0.5) is 0 Å². The van der Waals surface area contributed by atoms with Crippen LogP contribution in [0.15, 0.2) is 36.8 Å². The van der Waals surface area contributed by atoms with Crippen molar-refractivity contribution in [3.8, 4) is 5.75 Å². The zero-order valence-electron chi connectivity index (χ0n) is 13.9. The van der Waals surface area contributed by atoms with Gasteiger partial charge in [0, 0.05) is 12.4 Å². The summed E-state index contributed by atoms with van der Waals surface area (Å²) in [6.07, 6.45) is 5.69. The first-order valence-corrected chi connectivity index (χ1v) is 8.14. The molecule has 7 heteroatoms. The van der Waals surface area contributed by atoms with Gasteiger partial charge in [-0.3, -0.25) is 14.8 Å². The third kappa shape index (κ3) is 3.94. The normalized spacial score (nSPS) is 20.4. The van der Waals surface area contributed by atoms with Gasteiger partial charge in [-0.2, -0.15) is 0 Å². The van der Waals surface area contributed by atoms with Crippen LogP contribution in [0.3, 0.4) is 0 Å². The maximum Gasteiger partial charge on any atom is 0.270 e. The van der Waals surface area contributed by atoms with Crippen LogP contribution in [0.25, 0.3) is 0 Å². The lowest BCUT2D eigenvalue weighted by molar-refractivity contribution is 0.0234. The molecule has 0 aliphatic heterocycles. The quantitative estimate of drug-likeness (QED) is 0.728. The van der Waals surface area contributed by atoms with Gasteiger partial charge in [-0.1, -0.05) is 0 Å². The number of rotatable bonds is 6. The highest BCUT2D eigenvalue weighted by atomic mass is 16.5. The summed E-state index contributed by atoms with van der Waals surface area (Å²) in [4.78, 5) is 20.8. The van der Waals surface area contributed by atoms with E-state index in [0.29, 0.717) is 24.2 Å². The minimum Gasteiger partial charge on any atom is -0.495 e. The number of amides is 1. The van der Waals surface area contributed by atoms with E-state index in [9.17, 15) is 15.0 Å². The average Bonchev–Trinajstić information content (AvgIpc) is 2.63. The van der Waals surface area contributed by atoms with Crippen LogP contribution in [0.1, 0.15) is 40.5 Å². The number of nitrogens with one attached hydrogen (secondary N) is 1. The summed E-state index contributed by atoms with van der Waals surface area (Å²) < 4.78 is 5.21. The molecule has 0 saturated heterocycles. The fourth-order valence-corrected chi connectivity index (χ4v) is 3.00. The number of pyridine rings is 2. The lowest BCUT2D eigenvalue weighted by atomic mass is 9.75. The Morgan fingerprint density at radius 2 is 2.20 bits per heavy atom. The van der Waals surface area contributed by atoms with Gasteiger partial charge in [0.1, 0.15) is 11.4 Å². The van der Waals surface area contributed by atoms with Gasteiger partial charge in [0.15, 0.2) is 0 Å². The van der Waals surface area contributed by atoms with Crippen LogP contribution in [0.2, 0.25) is 0 Å². The van der Waals surface area contributed by atoms with Crippen molar-refractivity contribution >= 4 is 5.91 Å².